The first-order valence-corrected chi connectivity index (χ1v) is 43.8. The van der Waals surface area contributed by atoms with Crippen LogP contribution in [0.3, 0.4) is 0 Å². The lowest BCUT2D eigenvalue weighted by atomic mass is 10.0. The molecule has 0 radical (unpaired) electrons. The Labute approximate surface area is 600 Å². The van der Waals surface area contributed by atoms with Crippen molar-refractivity contribution in [1.82, 2.24) is 0 Å². The molecule has 0 rings (SSSR count). The van der Waals surface area contributed by atoms with Crippen LogP contribution in [0.5, 0.6) is 0 Å². The van der Waals surface area contributed by atoms with Gasteiger partial charge in [0.1, 0.15) is 19.3 Å². The Bertz CT molecular complexity index is 1900. The highest BCUT2D eigenvalue weighted by Gasteiger charge is 2.30. The first kappa shape index (κ1) is 96.1. The van der Waals surface area contributed by atoms with Crippen molar-refractivity contribution in [3.05, 3.63) is 0 Å². The molecule has 98 heavy (non-hydrogen) atoms. The Hall–Kier alpha value is -1.94. The minimum Gasteiger partial charge on any atom is -0.462 e. The molecule has 0 aromatic rings. The average Bonchev–Trinajstić information content (AvgIpc) is 1.30. The van der Waals surface area contributed by atoms with E-state index in [2.05, 4.69) is 48.5 Å². The topological polar surface area (TPSA) is 237 Å². The number of unbranched alkanes of at least 4 members (excludes halogenated alkanes) is 45. The van der Waals surface area contributed by atoms with Crippen LogP contribution < -0.4 is 0 Å². The van der Waals surface area contributed by atoms with Gasteiger partial charge in [0, 0.05) is 25.7 Å². The highest BCUT2D eigenvalue weighted by Crippen LogP contribution is 2.45. The summed E-state index contributed by atoms with van der Waals surface area (Å²) in [7, 11) is -9.92. The number of phosphoric ester groups is 2. The smallest absolute Gasteiger partial charge is 0.462 e. The number of aliphatic hydroxyl groups excluding tert-OH is 1. The highest BCUT2D eigenvalue weighted by atomic mass is 31.2. The molecular weight excluding hydrogens is 1280 g/mol. The molecule has 2 unspecified atom stereocenters. The SMILES string of the molecule is CCCCCCCCCCCCCCCCCCCCCCCCC(=O)O[C@H](COC(=O)CCCCCCCCCCCCC(C)C)COP(=O)(O)OC[C@@H](O)COP(=O)(O)OC[C@@H](COC(=O)CCCCCCCCCCC(C)C)OC(=O)CCCCCCCCCCCC(C)C. The standard InChI is InChI=1S/C79H154O17P2/c1-8-9-10-11-12-13-14-15-16-17-18-19-20-21-22-23-24-25-32-41-48-55-62-78(83)95-74(66-89-76(81)60-53-46-39-31-27-26-29-36-43-50-57-70(2)3)68-93-97(85,86)91-64-73(80)65-92-98(87,88)94-69-75(67-90-77(82)61-54-47-40-35-34-38-45-52-59-72(6)7)96-79(84)63-56-49-42-33-28-30-37-44-51-58-71(4)5/h70-75,80H,8-69H2,1-7H3,(H,85,86)(H,87,88)/t73-,74-,75-/m1/s1. The number of aliphatic hydroxyl groups is 1. The van der Waals surface area contributed by atoms with Gasteiger partial charge in [-0.25, -0.2) is 9.13 Å². The van der Waals surface area contributed by atoms with E-state index in [1.807, 2.05) is 0 Å². The fraction of sp³-hybridized carbons (Fsp3) is 0.949. The monoisotopic (exact) mass is 1440 g/mol. The van der Waals surface area contributed by atoms with Crippen molar-refractivity contribution in [2.45, 2.75) is 426 Å². The molecule has 19 heteroatoms. The minimum atomic E-state index is -4.96. The zero-order chi connectivity index (χ0) is 72.3. The summed E-state index contributed by atoms with van der Waals surface area (Å²) in [4.78, 5) is 72.9. The molecule has 0 saturated carbocycles. The molecule has 17 nitrogen and oxygen atoms in total. The molecule has 0 saturated heterocycles. The summed E-state index contributed by atoms with van der Waals surface area (Å²) in [5.74, 6) is 0.104. The van der Waals surface area contributed by atoms with Gasteiger partial charge in [-0.2, -0.15) is 0 Å². The molecule has 0 fully saturated rings. The second kappa shape index (κ2) is 69.4. The molecule has 0 aliphatic heterocycles. The Morgan fingerprint density at radius 2 is 0.469 bits per heavy atom. The van der Waals surface area contributed by atoms with Gasteiger partial charge in [0.05, 0.1) is 26.4 Å². The summed E-state index contributed by atoms with van der Waals surface area (Å²) in [6.45, 7) is 11.8. The van der Waals surface area contributed by atoms with Crippen molar-refractivity contribution in [2.24, 2.45) is 17.8 Å². The van der Waals surface area contributed by atoms with E-state index in [9.17, 15) is 43.2 Å². The van der Waals surface area contributed by atoms with Crippen LogP contribution in [0.4, 0.5) is 0 Å². The van der Waals surface area contributed by atoms with Crippen LogP contribution in [-0.2, 0) is 65.4 Å². The van der Waals surface area contributed by atoms with Crippen molar-refractivity contribution in [3.8, 4) is 0 Å². The summed E-state index contributed by atoms with van der Waals surface area (Å²) in [5, 5.41) is 10.6. The molecule has 3 N–H and O–H groups in total. The van der Waals surface area contributed by atoms with E-state index in [1.165, 1.54) is 218 Å². The molecule has 0 aromatic carbocycles. The van der Waals surface area contributed by atoms with Crippen LogP contribution in [0.25, 0.3) is 0 Å². The number of ether oxygens (including phenoxy) is 4. The fourth-order valence-corrected chi connectivity index (χ4v) is 13.7. The van der Waals surface area contributed by atoms with Crippen LogP contribution in [0.2, 0.25) is 0 Å². The molecule has 0 spiro atoms. The van der Waals surface area contributed by atoms with Crippen LogP contribution >= 0.6 is 15.6 Å². The van der Waals surface area contributed by atoms with Crippen LogP contribution in [0.1, 0.15) is 408 Å². The first-order valence-electron chi connectivity index (χ1n) is 40.8. The number of phosphoric acid groups is 2. The third-order valence-corrected chi connectivity index (χ3v) is 20.3. The maximum absolute atomic E-state index is 13.1. The number of hydrogen-bond acceptors (Lipinski definition) is 15. The third kappa shape index (κ3) is 72.4. The van der Waals surface area contributed by atoms with Crippen molar-refractivity contribution in [2.75, 3.05) is 39.6 Å². The summed E-state index contributed by atoms with van der Waals surface area (Å²) < 4.78 is 68.6. The zero-order valence-corrected chi connectivity index (χ0v) is 66.0. The van der Waals surface area contributed by atoms with Gasteiger partial charge < -0.3 is 33.8 Å². The maximum atomic E-state index is 13.1. The molecular formula is C79H154O17P2. The lowest BCUT2D eigenvalue weighted by molar-refractivity contribution is -0.161. The van der Waals surface area contributed by atoms with E-state index in [0.29, 0.717) is 25.7 Å². The number of carbonyl (C=O) groups excluding carboxylic acids is 4. The van der Waals surface area contributed by atoms with Crippen molar-refractivity contribution in [1.29, 1.82) is 0 Å². The van der Waals surface area contributed by atoms with E-state index in [0.717, 1.165) is 108 Å². The Kier molecular flexibility index (Phi) is 68.1. The highest BCUT2D eigenvalue weighted by molar-refractivity contribution is 7.47. The summed E-state index contributed by atoms with van der Waals surface area (Å²) in [5.41, 5.74) is 0. The minimum absolute atomic E-state index is 0.105. The molecule has 582 valence electrons. The van der Waals surface area contributed by atoms with Crippen molar-refractivity contribution < 1.29 is 80.2 Å². The Morgan fingerprint density at radius 1 is 0.276 bits per heavy atom. The second-order valence-electron chi connectivity index (χ2n) is 29.9. The van der Waals surface area contributed by atoms with E-state index in [-0.39, 0.29) is 25.7 Å². The van der Waals surface area contributed by atoms with Gasteiger partial charge in [0.2, 0.25) is 0 Å². The number of hydrogen-bond donors (Lipinski definition) is 3. The van der Waals surface area contributed by atoms with Crippen LogP contribution in [-0.4, -0.2) is 96.7 Å². The number of carbonyl (C=O) groups is 4. The van der Waals surface area contributed by atoms with E-state index in [1.54, 1.807) is 0 Å². The molecule has 0 aliphatic rings. The average molecular weight is 1440 g/mol. The van der Waals surface area contributed by atoms with Gasteiger partial charge in [-0.1, -0.05) is 357 Å². The Morgan fingerprint density at radius 3 is 0.694 bits per heavy atom. The molecule has 0 bridgehead atoms. The zero-order valence-electron chi connectivity index (χ0n) is 64.3. The fourth-order valence-electron chi connectivity index (χ4n) is 12.1. The summed E-state index contributed by atoms with van der Waals surface area (Å²) in [6.07, 6.45) is 57.1. The van der Waals surface area contributed by atoms with E-state index in [4.69, 9.17) is 37.0 Å². The normalized spacial score (nSPS) is 14.0. The van der Waals surface area contributed by atoms with Gasteiger partial charge in [-0.3, -0.25) is 37.3 Å². The third-order valence-electron chi connectivity index (χ3n) is 18.4. The Balaban J connectivity index is 5.20. The van der Waals surface area contributed by atoms with Crippen molar-refractivity contribution in [3.63, 3.8) is 0 Å². The maximum Gasteiger partial charge on any atom is 0.472 e. The van der Waals surface area contributed by atoms with E-state index >= 15 is 0 Å². The van der Waals surface area contributed by atoms with E-state index < -0.39 is 97.5 Å². The van der Waals surface area contributed by atoms with Gasteiger partial charge in [0.15, 0.2) is 12.2 Å². The van der Waals surface area contributed by atoms with Gasteiger partial charge in [-0.05, 0) is 43.4 Å². The first-order chi connectivity index (χ1) is 47.2. The van der Waals surface area contributed by atoms with Gasteiger partial charge in [0.25, 0.3) is 0 Å². The second-order valence-corrected chi connectivity index (χ2v) is 32.8. The predicted molar refractivity (Wildman–Crippen MR) is 400 cm³/mol. The van der Waals surface area contributed by atoms with Crippen LogP contribution in [0, 0.1) is 17.8 Å². The van der Waals surface area contributed by atoms with Gasteiger partial charge >= 0.3 is 39.5 Å². The molecule has 0 aliphatic carbocycles. The van der Waals surface area contributed by atoms with Crippen LogP contribution in [0.15, 0.2) is 0 Å². The molecule has 0 heterocycles. The van der Waals surface area contributed by atoms with Crippen molar-refractivity contribution >= 4 is 39.5 Å². The largest absolute Gasteiger partial charge is 0.472 e. The lowest BCUT2D eigenvalue weighted by Crippen LogP contribution is -2.30. The lowest BCUT2D eigenvalue weighted by Gasteiger charge is -2.21. The molecule has 0 aromatic heterocycles. The quantitative estimate of drug-likeness (QED) is 0.0222. The number of rotatable bonds is 77. The number of esters is 4. The summed E-state index contributed by atoms with van der Waals surface area (Å²) in [6, 6.07) is 0. The molecule has 5 atom stereocenters. The molecule has 0 amide bonds. The summed E-state index contributed by atoms with van der Waals surface area (Å²) >= 11 is 0. The van der Waals surface area contributed by atoms with Gasteiger partial charge in [-0.15, -0.1) is 0 Å². The predicted octanol–water partition coefficient (Wildman–Crippen LogP) is 23.4.